The highest BCUT2D eigenvalue weighted by atomic mass is 16.5. The summed E-state index contributed by atoms with van der Waals surface area (Å²) in [5, 5.41) is 20.7. The molecule has 0 spiro atoms. The summed E-state index contributed by atoms with van der Waals surface area (Å²) < 4.78 is 6.05. The van der Waals surface area contributed by atoms with Crippen molar-refractivity contribution in [3.8, 4) is 5.75 Å². The van der Waals surface area contributed by atoms with Crippen LogP contribution in [0.4, 0.5) is 0 Å². The van der Waals surface area contributed by atoms with E-state index in [1.54, 1.807) is 19.2 Å². The normalized spacial score (nSPS) is 28.0. The van der Waals surface area contributed by atoms with Gasteiger partial charge in [-0.15, -0.1) is 0 Å². The van der Waals surface area contributed by atoms with Crippen molar-refractivity contribution in [3.05, 3.63) is 46.5 Å². The van der Waals surface area contributed by atoms with Crippen LogP contribution in [-0.2, 0) is 14.2 Å². The second kappa shape index (κ2) is 9.47. The summed E-state index contributed by atoms with van der Waals surface area (Å²) in [5.74, 6) is -0.625. The Hall–Kier alpha value is -2.38. The summed E-state index contributed by atoms with van der Waals surface area (Å²) in [7, 11) is 0.624. The number of phenolic OH excluding ortho intramolecular Hbond substituents is 1. The van der Waals surface area contributed by atoms with Gasteiger partial charge in [0, 0.05) is 12.6 Å². The lowest BCUT2D eigenvalue weighted by Crippen LogP contribution is -2.46. The van der Waals surface area contributed by atoms with Crippen molar-refractivity contribution in [2.45, 2.75) is 58.9 Å². The first-order valence-electron chi connectivity index (χ1n) is 12.1. The molecule has 0 radical (unpaired) electrons. The SMILES string of the molecule is CC/C(=C\c1ccccc1O)CC[C@H]1OB(O)C[C@H]2C1=C(C(C)C)C[C@H]1C(=O)N(C)C(=O)[C@H]12. The lowest BCUT2D eigenvalue weighted by atomic mass is 9.57. The number of hydrogen-bond acceptors (Lipinski definition) is 5. The number of phenols is 1. The molecule has 0 bridgehead atoms. The van der Waals surface area contributed by atoms with Crippen LogP contribution in [0.2, 0.25) is 6.32 Å². The molecular formula is C26H34BNO5. The van der Waals surface area contributed by atoms with Crippen molar-refractivity contribution in [2.75, 3.05) is 7.05 Å². The Morgan fingerprint density at radius 2 is 1.97 bits per heavy atom. The summed E-state index contributed by atoms with van der Waals surface area (Å²) in [4.78, 5) is 27.0. The van der Waals surface area contributed by atoms with Gasteiger partial charge in [-0.3, -0.25) is 14.5 Å². The van der Waals surface area contributed by atoms with Crippen LogP contribution in [0.15, 0.2) is 41.0 Å². The molecule has 2 amide bonds. The van der Waals surface area contributed by atoms with Crippen LogP contribution in [0, 0.1) is 23.7 Å². The largest absolute Gasteiger partial charge is 0.507 e. The molecule has 33 heavy (non-hydrogen) atoms. The minimum atomic E-state index is -0.947. The number of imide groups is 1. The molecule has 1 aromatic rings. The molecule has 176 valence electrons. The molecule has 0 saturated carbocycles. The lowest BCUT2D eigenvalue weighted by molar-refractivity contribution is -0.138. The maximum absolute atomic E-state index is 13.0. The minimum absolute atomic E-state index is 0.0985. The summed E-state index contributed by atoms with van der Waals surface area (Å²) in [6.07, 6.45) is 4.95. The van der Waals surface area contributed by atoms with Crippen LogP contribution in [0.25, 0.3) is 6.08 Å². The van der Waals surface area contributed by atoms with Gasteiger partial charge in [0.2, 0.25) is 11.8 Å². The van der Waals surface area contributed by atoms with Gasteiger partial charge in [0.25, 0.3) is 0 Å². The molecule has 4 rings (SSSR count). The fourth-order valence-corrected chi connectivity index (χ4v) is 5.90. The Bertz CT molecular complexity index is 1000. The molecular weight excluding hydrogens is 417 g/mol. The van der Waals surface area contributed by atoms with Crippen molar-refractivity contribution < 1.29 is 24.4 Å². The second-order valence-electron chi connectivity index (χ2n) is 9.88. The number of para-hydroxylation sites is 1. The van der Waals surface area contributed by atoms with E-state index in [-0.39, 0.29) is 41.4 Å². The summed E-state index contributed by atoms with van der Waals surface area (Å²) in [6, 6.07) is 7.28. The Labute approximate surface area is 196 Å². The van der Waals surface area contributed by atoms with Crippen LogP contribution in [-0.4, -0.2) is 47.1 Å². The fourth-order valence-electron chi connectivity index (χ4n) is 5.90. The van der Waals surface area contributed by atoms with Gasteiger partial charge in [-0.1, -0.05) is 56.2 Å². The van der Waals surface area contributed by atoms with Crippen LogP contribution in [0.1, 0.15) is 52.0 Å². The van der Waals surface area contributed by atoms with E-state index in [9.17, 15) is 19.7 Å². The highest BCUT2D eigenvalue weighted by Gasteiger charge is 2.56. The lowest BCUT2D eigenvalue weighted by Gasteiger charge is -2.44. The van der Waals surface area contributed by atoms with Gasteiger partial charge in [-0.05, 0) is 55.5 Å². The van der Waals surface area contributed by atoms with Crippen LogP contribution >= 0.6 is 0 Å². The van der Waals surface area contributed by atoms with Crippen LogP contribution < -0.4 is 0 Å². The number of likely N-dealkylation sites (tertiary alicyclic amines) is 1. The van der Waals surface area contributed by atoms with E-state index in [2.05, 4.69) is 20.8 Å². The van der Waals surface area contributed by atoms with Crippen molar-refractivity contribution in [2.24, 2.45) is 23.7 Å². The van der Waals surface area contributed by atoms with Crippen LogP contribution in [0.3, 0.4) is 0 Å². The zero-order valence-corrected chi connectivity index (χ0v) is 20.0. The van der Waals surface area contributed by atoms with Gasteiger partial charge in [-0.25, -0.2) is 0 Å². The zero-order valence-electron chi connectivity index (χ0n) is 20.0. The van der Waals surface area contributed by atoms with E-state index in [1.165, 1.54) is 16.0 Å². The molecule has 7 heteroatoms. The summed E-state index contributed by atoms with van der Waals surface area (Å²) in [5.41, 5.74) is 4.31. The van der Waals surface area contributed by atoms with Gasteiger partial charge in [0.05, 0.1) is 17.9 Å². The average molecular weight is 451 g/mol. The first-order valence-corrected chi connectivity index (χ1v) is 12.1. The molecule has 1 aliphatic carbocycles. The zero-order chi connectivity index (χ0) is 23.9. The molecule has 2 saturated heterocycles. The van der Waals surface area contributed by atoms with E-state index in [4.69, 9.17) is 4.65 Å². The van der Waals surface area contributed by atoms with Gasteiger partial charge < -0.3 is 14.8 Å². The maximum Gasteiger partial charge on any atom is 0.455 e. The standard InChI is InChI=1S/C26H34BNO5/c1-5-16(12-17-8-6-7-9-21(17)29)10-11-22-23-18(15(2)3)13-19-24(20(23)14-27(32)33-22)26(31)28(4)25(19)30/h6-9,12,15,19-20,22,24,29,32H,5,10-11,13-14H2,1-4H3/b16-12+/t19-,20+,22-,24-/m1/s1. The Morgan fingerprint density at radius 1 is 1.24 bits per heavy atom. The number of carbonyl (C=O) groups is 2. The van der Waals surface area contributed by atoms with Crippen molar-refractivity contribution in [1.29, 1.82) is 0 Å². The Balaban J connectivity index is 1.64. The van der Waals surface area contributed by atoms with Crippen molar-refractivity contribution in [1.82, 2.24) is 4.90 Å². The third-order valence-electron chi connectivity index (χ3n) is 7.64. The highest BCUT2D eigenvalue weighted by Crippen LogP contribution is 2.51. The number of aromatic hydroxyl groups is 1. The van der Waals surface area contributed by atoms with Gasteiger partial charge in [0.15, 0.2) is 0 Å². The summed E-state index contributed by atoms with van der Waals surface area (Å²) in [6.45, 7) is 6.35. The molecule has 2 fully saturated rings. The molecule has 2 heterocycles. The quantitative estimate of drug-likeness (QED) is 0.387. The molecule has 2 N–H and O–H groups in total. The average Bonchev–Trinajstić information content (AvgIpc) is 3.00. The molecule has 4 atom stereocenters. The van der Waals surface area contributed by atoms with E-state index < -0.39 is 13.0 Å². The first-order chi connectivity index (χ1) is 15.7. The third kappa shape index (κ3) is 4.41. The number of fused-ring (bicyclic) bond motifs is 3. The van der Waals surface area contributed by atoms with Crippen molar-refractivity contribution in [3.63, 3.8) is 0 Å². The number of hydrogen-bond donors (Lipinski definition) is 2. The van der Waals surface area contributed by atoms with Gasteiger partial charge in [-0.2, -0.15) is 0 Å². The second-order valence-corrected chi connectivity index (χ2v) is 9.88. The predicted octanol–water partition coefficient (Wildman–Crippen LogP) is 4.05. The van der Waals surface area contributed by atoms with Gasteiger partial charge >= 0.3 is 7.12 Å². The number of allylic oxidation sites excluding steroid dienone is 2. The number of rotatable bonds is 6. The highest BCUT2D eigenvalue weighted by molar-refractivity contribution is 6.43. The maximum atomic E-state index is 13.0. The molecule has 2 aliphatic heterocycles. The molecule has 0 unspecified atom stereocenters. The van der Waals surface area contributed by atoms with Gasteiger partial charge in [0.1, 0.15) is 5.75 Å². The smallest absolute Gasteiger partial charge is 0.455 e. The number of nitrogens with zero attached hydrogens (tertiary/aromatic N) is 1. The predicted molar refractivity (Wildman–Crippen MR) is 128 cm³/mol. The Morgan fingerprint density at radius 3 is 2.64 bits per heavy atom. The summed E-state index contributed by atoms with van der Waals surface area (Å²) >= 11 is 0. The number of benzene rings is 1. The first kappa shape index (κ1) is 23.8. The topological polar surface area (TPSA) is 87.1 Å². The number of carbonyl (C=O) groups excluding carboxylic acids is 2. The van der Waals surface area contributed by atoms with Crippen molar-refractivity contribution >= 4 is 25.0 Å². The fraction of sp³-hybridized carbons (Fsp3) is 0.538. The molecule has 0 aromatic heterocycles. The molecule has 6 nitrogen and oxygen atoms in total. The molecule has 1 aromatic carbocycles. The van der Waals surface area contributed by atoms with E-state index in [0.29, 0.717) is 19.2 Å². The van der Waals surface area contributed by atoms with E-state index in [0.717, 1.165) is 24.0 Å². The third-order valence-corrected chi connectivity index (χ3v) is 7.64. The minimum Gasteiger partial charge on any atom is -0.507 e. The Kier molecular flexibility index (Phi) is 6.82. The van der Waals surface area contributed by atoms with Crippen LogP contribution in [0.5, 0.6) is 5.75 Å². The monoisotopic (exact) mass is 451 g/mol. The number of amides is 2. The van der Waals surface area contributed by atoms with E-state index >= 15 is 0 Å². The molecule has 3 aliphatic rings. The van der Waals surface area contributed by atoms with E-state index in [1.807, 2.05) is 18.2 Å².